The van der Waals surface area contributed by atoms with Crippen LogP contribution in [0.3, 0.4) is 0 Å². The van der Waals surface area contributed by atoms with Crippen LogP contribution in [0.5, 0.6) is 0 Å². The molecule has 0 aromatic carbocycles. The summed E-state index contributed by atoms with van der Waals surface area (Å²) in [6, 6.07) is 0. The molecule has 0 aliphatic rings. The van der Waals surface area contributed by atoms with Gasteiger partial charge in [-0.15, -0.1) is 0 Å². The summed E-state index contributed by atoms with van der Waals surface area (Å²) in [6.07, 6.45) is 1.84. The summed E-state index contributed by atoms with van der Waals surface area (Å²) in [6.45, 7) is 7.60. The minimum atomic E-state index is -3.28. The van der Waals surface area contributed by atoms with Gasteiger partial charge in [-0.3, -0.25) is 0 Å². The quantitative estimate of drug-likeness (QED) is 0.687. The first-order chi connectivity index (χ1) is 7.31. The predicted octanol–water partition coefficient (Wildman–Crippen LogP) is 1.50. The number of hydrogen-bond donors (Lipinski definition) is 2. The van der Waals surface area contributed by atoms with Gasteiger partial charge in [0.25, 0.3) is 0 Å². The largest absolute Gasteiger partial charge is 0.394 e. The Morgan fingerprint density at radius 1 is 1.25 bits per heavy atom. The molecular formula is C11H25NO3S. The maximum atomic E-state index is 11.8. The summed E-state index contributed by atoms with van der Waals surface area (Å²) in [5.74, 6) is 0.496. The van der Waals surface area contributed by atoms with Crippen LogP contribution in [0.15, 0.2) is 0 Å². The zero-order valence-corrected chi connectivity index (χ0v) is 11.6. The van der Waals surface area contributed by atoms with E-state index in [0.717, 1.165) is 0 Å². The van der Waals surface area contributed by atoms with Gasteiger partial charge in [-0.05, 0) is 25.2 Å². The highest BCUT2D eigenvalue weighted by Crippen LogP contribution is 2.16. The first-order valence-corrected chi connectivity index (χ1v) is 7.58. The summed E-state index contributed by atoms with van der Waals surface area (Å²) < 4.78 is 26.2. The third-order valence-electron chi connectivity index (χ3n) is 2.99. The number of sulfonamides is 1. The zero-order chi connectivity index (χ0) is 12.8. The van der Waals surface area contributed by atoms with Gasteiger partial charge in [0.15, 0.2) is 0 Å². The molecule has 4 nitrogen and oxygen atoms in total. The molecule has 0 aromatic heterocycles. The average Bonchev–Trinajstić information content (AvgIpc) is 2.24. The van der Waals surface area contributed by atoms with E-state index in [1.54, 1.807) is 0 Å². The fraction of sp³-hybridized carbons (Fsp3) is 1.00. The van der Waals surface area contributed by atoms with Gasteiger partial charge in [-0.25, -0.2) is 13.1 Å². The van der Waals surface area contributed by atoms with Gasteiger partial charge >= 0.3 is 0 Å². The second-order valence-electron chi connectivity index (χ2n) is 4.75. The molecule has 0 fully saturated rings. The Labute approximate surface area is 99.5 Å². The topological polar surface area (TPSA) is 66.4 Å². The molecule has 0 atom stereocenters. The Morgan fingerprint density at radius 3 is 2.06 bits per heavy atom. The van der Waals surface area contributed by atoms with Crippen LogP contribution >= 0.6 is 0 Å². The maximum absolute atomic E-state index is 11.8. The first kappa shape index (κ1) is 15.9. The third-order valence-corrected chi connectivity index (χ3v) is 4.51. The molecule has 98 valence electrons. The van der Waals surface area contributed by atoms with Crippen LogP contribution in [0, 0.1) is 5.92 Å². The molecule has 0 spiro atoms. The summed E-state index contributed by atoms with van der Waals surface area (Å²) in [4.78, 5) is 0. The van der Waals surface area contributed by atoms with E-state index in [0.29, 0.717) is 25.2 Å². The van der Waals surface area contributed by atoms with Crippen molar-refractivity contribution in [1.82, 2.24) is 4.72 Å². The van der Waals surface area contributed by atoms with Crippen LogP contribution in [0.25, 0.3) is 0 Å². The van der Waals surface area contributed by atoms with Crippen LogP contribution < -0.4 is 4.72 Å². The Morgan fingerprint density at radius 2 is 1.75 bits per heavy atom. The summed E-state index contributed by atoms with van der Waals surface area (Å²) in [7, 11) is -3.28. The van der Waals surface area contributed by atoms with Crippen molar-refractivity contribution in [3.05, 3.63) is 0 Å². The van der Waals surface area contributed by atoms with E-state index in [2.05, 4.69) is 4.72 Å². The van der Waals surface area contributed by atoms with Crippen molar-refractivity contribution in [3.8, 4) is 0 Å². The minimum absolute atomic E-state index is 0.131. The molecule has 0 unspecified atom stereocenters. The molecule has 0 radical (unpaired) electrons. The van der Waals surface area contributed by atoms with E-state index in [9.17, 15) is 13.5 Å². The molecule has 0 amide bonds. The minimum Gasteiger partial charge on any atom is -0.394 e. The molecule has 0 aliphatic heterocycles. The van der Waals surface area contributed by atoms with Crippen LogP contribution in [0.1, 0.15) is 47.0 Å². The number of hydrogen-bond acceptors (Lipinski definition) is 3. The lowest BCUT2D eigenvalue weighted by atomic mass is 9.96. The van der Waals surface area contributed by atoms with E-state index in [1.165, 1.54) is 0 Å². The van der Waals surface area contributed by atoms with Crippen LogP contribution in [-0.4, -0.2) is 31.4 Å². The van der Waals surface area contributed by atoms with Crippen LogP contribution in [-0.2, 0) is 10.0 Å². The van der Waals surface area contributed by atoms with E-state index >= 15 is 0 Å². The Balaban J connectivity index is 4.54. The highest BCUT2D eigenvalue weighted by Gasteiger charge is 2.30. The molecule has 2 N–H and O–H groups in total. The highest BCUT2D eigenvalue weighted by molar-refractivity contribution is 7.89. The zero-order valence-electron chi connectivity index (χ0n) is 10.8. The first-order valence-electron chi connectivity index (χ1n) is 5.93. The fourth-order valence-electron chi connectivity index (χ4n) is 1.42. The highest BCUT2D eigenvalue weighted by atomic mass is 32.2. The van der Waals surface area contributed by atoms with Crippen molar-refractivity contribution >= 4 is 10.0 Å². The molecule has 0 bridgehead atoms. The maximum Gasteiger partial charge on any atom is 0.212 e. The van der Waals surface area contributed by atoms with Crippen LogP contribution in [0.2, 0.25) is 0 Å². The Kier molecular flexibility index (Phi) is 6.51. The van der Waals surface area contributed by atoms with Gasteiger partial charge in [-0.2, -0.15) is 0 Å². The number of aliphatic hydroxyl groups is 1. The molecular weight excluding hydrogens is 226 g/mol. The summed E-state index contributed by atoms with van der Waals surface area (Å²) >= 11 is 0. The standard InChI is InChI=1S/C11H25NO3S/c1-5-11(6-2,9-13)12-16(14,15)8-7-10(3)4/h10,12-13H,5-9H2,1-4H3. The van der Waals surface area contributed by atoms with Crippen molar-refractivity contribution in [3.63, 3.8) is 0 Å². The van der Waals surface area contributed by atoms with Gasteiger partial charge in [0.2, 0.25) is 10.0 Å². The SMILES string of the molecule is CCC(CC)(CO)NS(=O)(=O)CCC(C)C. The lowest BCUT2D eigenvalue weighted by Crippen LogP contribution is -2.51. The van der Waals surface area contributed by atoms with E-state index in [4.69, 9.17) is 0 Å². The number of rotatable bonds is 8. The molecule has 0 saturated carbocycles. The van der Waals surface area contributed by atoms with Crippen molar-refractivity contribution < 1.29 is 13.5 Å². The second-order valence-corrected chi connectivity index (χ2v) is 6.59. The number of aliphatic hydroxyl groups excluding tert-OH is 1. The van der Waals surface area contributed by atoms with E-state index < -0.39 is 15.6 Å². The van der Waals surface area contributed by atoms with E-state index in [-0.39, 0.29) is 12.4 Å². The summed E-state index contributed by atoms with van der Waals surface area (Å²) in [5.41, 5.74) is -0.685. The lowest BCUT2D eigenvalue weighted by Gasteiger charge is -2.30. The van der Waals surface area contributed by atoms with E-state index in [1.807, 2.05) is 27.7 Å². The third kappa shape index (κ3) is 5.27. The summed E-state index contributed by atoms with van der Waals surface area (Å²) in [5, 5.41) is 9.29. The van der Waals surface area contributed by atoms with Gasteiger partial charge in [0.1, 0.15) is 0 Å². The molecule has 0 aliphatic carbocycles. The predicted molar refractivity (Wildman–Crippen MR) is 66.8 cm³/mol. The second kappa shape index (κ2) is 6.57. The van der Waals surface area contributed by atoms with Gasteiger partial charge in [0.05, 0.1) is 17.9 Å². The average molecular weight is 251 g/mol. The van der Waals surface area contributed by atoms with Crippen molar-refractivity contribution in [2.24, 2.45) is 5.92 Å². The Hall–Kier alpha value is -0.130. The molecule has 16 heavy (non-hydrogen) atoms. The number of nitrogens with one attached hydrogen (secondary N) is 1. The monoisotopic (exact) mass is 251 g/mol. The van der Waals surface area contributed by atoms with Gasteiger partial charge < -0.3 is 5.11 Å². The molecule has 0 heterocycles. The van der Waals surface area contributed by atoms with Crippen LogP contribution in [0.4, 0.5) is 0 Å². The fourth-order valence-corrected chi connectivity index (χ4v) is 3.32. The van der Waals surface area contributed by atoms with Gasteiger partial charge in [-0.1, -0.05) is 27.7 Å². The van der Waals surface area contributed by atoms with Crippen molar-refractivity contribution in [1.29, 1.82) is 0 Å². The van der Waals surface area contributed by atoms with Crippen molar-refractivity contribution in [2.45, 2.75) is 52.5 Å². The normalized spacial score (nSPS) is 13.4. The molecule has 0 rings (SSSR count). The smallest absolute Gasteiger partial charge is 0.212 e. The van der Waals surface area contributed by atoms with Gasteiger partial charge in [0, 0.05) is 0 Å². The molecule has 0 aromatic rings. The molecule has 5 heteroatoms. The molecule has 0 saturated heterocycles. The Bertz CT molecular complexity index is 273. The lowest BCUT2D eigenvalue weighted by molar-refractivity contribution is 0.172. The van der Waals surface area contributed by atoms with Crippen molar-refractivity contribution in [2.75, 3.05) is 12.4 Å².